The van der Waals surface area contributed by atoms with Gasteiger partial charge in [-0.3, -0.25) is 0 Å². The molecule has 0 nitrogen and oxygen atoms in total. The highest BCUT2D eigenvalue weighted by Gasteiger charge is 2.15. The number of hydrogen-bond acceptors (Lipinski definition) is 0. The zero-order valence-electron chi connectivity index (χ0n) is 7.15. The van der Waals surface area contributed by atoms with Gasteiger partial charge in [-0.25, -0.2) is 0 Å². The van der Waals surface area contributed by atoms with E-state index in [0.717, 1.165) is 0 Å². The molecule has 0 unspecified atom stereocenters. The molecule has 0 atom stereocenters. The zero-order valence-corrected chi connectivity index (χ0v) is 7.15. The number of allylic oxidation sites excluding steroid dienone is 4. The molecule has 0 aromatic carbocycles. The summed E-state index contributed by atoms with van der Waals surface area (Å²) in [5.41, 5.74) is 1.89. The summed E-state index contributed by atoms with van der Waals surface area (Å²) in [4.78, 5) is 0. The predicted molar refractivity (Wildman–Crippen MR) is 45.9 cm³/mol. The van der Waals surface area contributed by atoms with E-state index < -0.39 is 0 Å². The first-order valence-electron chi connectivity index (χ1n) is 4.02. The second-order valence-electron chi connectivity index (χ2n) is 3.67. The Morgan fingerprint density at radius 1 is 1.50 bits per heavy atom. The summed E-state index contributed by atoms with van der Waals surface area (Å²) in [6.45, 7) is 6.77. The molecular weight excluding hydrogens is 120 g/mol. The van der Waals surface area contributed by atoms with Crippen LogP contribution in [0.2, 0.25) is 0 Å². The third-order valence-corrected chi connectivity index (χ3v) is 1.96. The van der Waals surface area contributed by atoms with Crippen LogP contribution >= 0.6 is 0 Å². The van der Waals surface area contributed by atoms with Crippen molar-refractivity contribution in [3.63, 3.8) is 0 Å². The van der Waals surface area contributed by atoms with Crippen molar-refractivity contribution >= 4 is 0 Å². The Balaban J connectivity index is 2.75. The monoisotopic (exact) mass is 136 g/mol. The molecule has 1 rings (SSSR count). The van der Waals surface area contributed by atoms with Gasteiger partial charge < -0.3 is 0 Å². The molecule has 0 spiro atoms. The van der Waals surface area contributed by atoms with Crippen molar-refractivity contribution < 1.29 is 0 Å². The standard InChI is InChI=1S/C10H16/c1-4-9-6-5-7-10(2,3)8-9/h5-6,8H,4,7H2,1-3H3. The van der Waals surface area contributed by atoms with Crippen LogP contribution in [-0.4, -0.2) is 0 Å². The van der Waals surface area contributed by atoms with E-state index in [9.17, 15) is 0 Å². The fraction of sp³-hybridized carbons (Fsp3) is 0.600. The molecule has 0 saturated carbocycles. The van der Waals surface area contributed by atoms with E-state index in [0.29, 0.717) is 5.41 Å². The maximum absolute atomic E-state index is 2.38. The molecule has 0 radical (unpaired) electrons. The van der Waals surface area contributed by atoms with Crippen molar-refractivity contribution in [1.29, 1.82) is 0 Å². The second kappa shape index (κ2) is 2.61. The van der Waals surface area contributed by atoms with Crippen LogP contribution in [-0.2, 0) is 0 Å². The van der Waals surface area contributed by atoms with E-state index in [2.05, 4.69) is 39.0 Å². The Morgan fingerprint density at radius 3 is 2.60 bits per heavy atom. The average molecular weight is 136 g/mol. The minimum Gasteiger partial charge on any atom is -0.0834 e. The Morgan fingerprint density at radius 2 is 2.20 bits per heavy atom. The molecule has 0 amide bonds. The smallest absolute Gasteiger partial charge is 0.0134 e. The Hall–Kier alpha value is -0.520. The fourth-order valence-corrected chi connectivity index (χ4v) is 1.34. The Bertz CT molecular complexity index is 170. The predicted octanol–water partition coefficient (Wildman–Crippen LogP) is 3.31. The van der Waals surface area contributed by atoms with Gasteiger partial charge in [0.05, 0.1) is 0 Å². The van der Waals surface area contributed by atoms with Gasteiger partial charge in [0, 0.05) is 0 Å². The maximum atomic E-state index is 2.38. The van der Waals surface area contributed by atoms with E-state index in [1.165, 1.54) is 18.4 Å². The van der Waals surface area contributed by atoms with Crippen LogP contribution in [0.4, 0.5) is 0 Å². The average Bonchev–Trinajstić information content (AvgIpc) is 1.86. The second-order valence-corrected chi connectivity index (χ2v) is 3.67. The Labute approximate surface area is 63.6 Å². The van der Waals surface area contributed by atoms with Crippen LogP contribution in [0.1, 0.15) is 33.6 Å². The molecule has 0 saturated heterocycles. The van der Waals surface area contributed by atoms with Crippen LogP contribution in [0.3, 0.4) is 0 Å². The first-order chi connectivity index (χ1) is 4.64. The van der Waals surface area contributed by atoms with Gasteiger partial charge >= 0.3 is 0 Å². The summed E-state index contributed by atoms with van der Waals surface area (Å²) in [5, 5.41) is 0. The molecule has 1 aliphatic rings. The first kappa shape index (κ1) is 7.59. The minimum atomic E-state index is 0.403. The van der Waals surface area contributed by atoms with Crippen molar-refractivity contribution in [1.82, 2.24) is 0 Å². The van der Waals surface area contributed by atoms with Gasteiger partial charge in [-0.05, 0) is 18.3 Å². The van der Waals surface area contributed by atoms with Gasteiger partial charge in [-0.1, -0.05) is 44.6 Å². The highest BCUT2D eigenvalue weighted by atomic mass is 14.2. The number of rotatable bonds is 1. The lowest BCUT2D eigenvalue weighted by Gasteiger charge is -2.22. The van der Waals surface area contributed by atoms with Crippen LogP contribution in [0.5, 0.6) is 0 Å². The topological polar surface area (TPSA) is 0 Å². The molecule has 10 heavy (non-hydrogen) atoms. The molecule has 0 N–H and O–H groups in total. The normalized spacial score (nSPS) is 22.5. The molecule has 56 valence electrons. The van der Waals surface area contributed by atoms with Gasteiger partial charge in [-0.15, -0.1) is 0 Å². The van der Waals surface area contributed by atoms with Crippen molar-refractivity contribution in [3.8, 4) is 0 Å². The van der Waals surface area contributed by atoms with E-state index in [4.69, 9.17) is 0 Å². The lowest BCUT2D eigenvalue weighted by atomic mass is 9.83. The van der Waals surface area contributed by atoms with Crippen molar-refractivity contribution in [2.75, 3.05) is 0 Å². The van der Waals surface area contributed by atoms with E-state index in [1.54, 1.807) is 0 Å². The summed E-state index contributed by atoms with van der Waals surface area (Å²) in [7, 11) is 0. The quantitative estimate of drug-likeness (QED) is 0.518. The van der Waals surface area contributed by atoms with Crippen molar-refractivity contribution in [2.45, 2.75) is 33.6 Å². The van der Waals surface area contributed by atoms with Crippen LogP contribution in [0.15, 0.2) is 23.8 Å². The highest BCUT2D eigenvalue weighted by Crippen LogP contribution is 2.29. The highest BCUT2D eigenvalue weighted by molar-refractivity contribution is 5.25. The molecule has 0 heteroatoms. The van der Waals surface area contributed by atoms with Gasteiger partial charge in [0.2, 0.25) is 0 Å². The molecule has 1 aliphatic carbocycles. The van der Waals surface area contributed by atoms with Gasteiger partial charge in [-0.2, -0.15) is 0 Å². The summed E-state index contributed by atoms with van der Waals surface area (Å²) in [5.74, 6) is 0. The summed E-state index contributed by atoms with van der Waals surface area (Å²) >= 11 is 0. The summed E-state index contributed by atoms with van der Waals surface area (Å²) in [6.07, 6.45) is 9.26. The van der Waals surface area contributed by atoms with Crippen molar-refractivity contribution in [3.05, 3.63) is 23.8 Å². The van der Waals surface area contributed by atoms with Crippen LogP contribution in [0.25, 0.3) is 0 Å². The molecule has 0 aromatic heterocycles. The van der Waals surface area contributed by atoms with E-state index in [1.807, 2.05) is 0 Å². The number of hydrogen-bond donors (Lipinski definition) is 0. The molecule has 0 fully saturated rings. The van der Waals surface area contributed by atoms with Crippen LogP contribution in [0, 0.1) is 5.41 Å². The zero-order chi connectivity index (χ0) is 7.61. The van der Waals surface area contributed by atoms with Crippen LogP contribution < -0.4 is 0 Å². The van der Waals surface area contributed by atoms with E-state index in [-0.39, 0.29) is 0 Å². The van der Waals surface area contributed by atoms with Crippen molar-refractivity contribution in [2.24, 2.45) is 5.41 Å². The molecule has 0 aromatic rings. The first-order valence-corrected chi connectivity index (χ1v) is 4.02. The SMILES string of the molecule is CCC1=CC(C)(C)CC=C1. The summed E-state index contributed by atoms with van der Waals surface area (Å²) < 4.78 is 0. The lowest BCUT2D eigenvalue weighted by Crippen LogP contribution is -2.09. The molecular formula is C10H16. The molecule has 0 aliphatic heterocycles. The van der Waals surface area contributed by atoms with Gasteiger partial charge in [0.25, 0.3) is 0 Å². The summed E-state index contributed by atoms with van der Waals surface area (Å²) in [6, 6.07) is 0. The van der Waals surface area contributed by atoms with Gasteiger partial charge in [0.1, 0.15) is 0 Å². The largest absolute Gasteiger partial charge is 0.0834 e. The fourth-order valence-electron chi connectivity index (χ4n) is 1.34. The third kappa shape index (κ3) is 1.73. The van der Waals surface area contributed by atoms with E-state index >= 15 is 0 Å². The Kier molecular flexibility index (Phi) is 1.98. The molecule has 0 bridgehead atoms. The van der Waals surface area contributed by atoms with Gasteiger partial charge in [0.15, 0.2) is 0 Å². The molecule has 0 heterocycles. The third-order valence-electron chi connectivity index (χ3n) is 1.96. The maximum Gasteiger partial charge on any atom is -0.0134 e. The lowest BCUT2D eigenvalue weighted by molar-refractivity contribution is 0.479. The minimum absolute atomic E-state index is 0.403.